The van der Waals surface area contributed by atoms with Gasteiger partial charge in [0.05, 0.1) is 12.6 Å². The summed E-state index contributed by atoms with van der Waals surface area (Å²) in [5.41, 5.74) is 5.76. The van der Waals surface area contributed by atoms with Gasteiger partial charge in [-0.25, -0.2) is 0 Å². The maximum absolute atomic E-state index is 11.5. The first-order valence-corrected chi connectivity index (χ1v) is 5.67. The molecule has 2 atom stereocenters. The summed E-state index contributed by atoms with van der Waals surface area (Å²) in [6, 6.07) is -0.229. The molecule has 0 saturated carbocycles. The predicted molar refractivity (Wildman–Crippen MR) is 61.4 cm³/mol. The average molecular weight is 216 g/mol. The molecule has 0 heterocycles. The molecule has 0 radical (unpaired) electrons. The van der Waals surface area contributed by atoms with Gasteiger partial charge in [0.1, 0.15) is 0 Å². The summed E-state index contributed by atoms with van der Waals surface area (Å²) in [4.78, 5) is 11.5. The second-order valence-electron chi connectivity index (χ2n) is 4.35. The van der Waals surface area contributed by atoms with Crippen LogP contribution in [0.25, 0.3) is 0 Å². The summed E-state index contributed by atoms with van der Waals surface area (Å²) >= 11 is 0. The molecule has 0 bridgehead atoms. The molecule has 1 amide bonds. The van der Waals surface area contributed by atoms with Gasteiger partial charge in [0.15, 0.2) is 0 Å². The van der Waals surface area contributed by atoms with E-state index in [1.165, 1.54) is 0 Å². The van der Waals surface area contributed by atoms with E-state index in [0.29, 0.717) is 6.42 Å². The van der Waals surface area contributed by atoms with Crippen molar-refractivity contribution < 1.29 is 9.90 Å². The van der Waals surface area contributed by atoms with Gasteiger partial charge in [0.25, 0.3) is 0 Å². The van der Waals surface area contributed by atoms with E-state index in [1.54, 1.807) is 0 Å². The molecule has 15 heavy (non-hydrogen) atoms. The van der Waals surface area contributed by atoms with Crippen molar-refractivity contribution in [1.82, 2.24) is 5.32 Å². The second-order valence-corrected chi connectivity index (χ2v) is 4.35. The maximum atomic E-state index is 11.5. The van der Waals surface area contributed by atoms with Crippen molar-refractivity contribution in [3.05, 3.63) is 0 Å². The number of nitrogens with one attached hydrogen (secondary N) is 1. The Kier molecular flexibility index (Phi) is 7.34. The van der Waals surface area contributed by atoms with Crippen molar-refractivity contribution in [2.75, 3.05) is 6.61 Å². The zero-order chi connectivity index (χ0) is 11.8. The van der Waals surface area contributed by atoms with Gasteiger partial charge in [-0.05, 0) is 12.3 Å². The van der Waals surface area contributed by atoms with E-state index in [2.05, 4.69) is 5.32 Å². The van der Waals surface area contributed by atoms with Crippen LogP contribution >= 0.6 is 0 Å². The highest BCUT2D eigenvalue weighted by Crippen LogP contribution is 2.03. The molecule has 0 aromatic heterocycles. The lowest BCUT2D eigenvalue weighted by Gasteiger charge is -2.20. The molecule has 0 fully saturated rings. The van der Waals surface area contributed by atoms with Gasteiger partial charge < -0.3 is 16.2 Å². The third kappa shape index (κ3) is 6.47. The Morgan fingerprint density at radius 2 is 2.07 bits per heavy atom. The Hall–Kier alpha value is -0.610. The molecule has 4 N–H and O–H groups in total. The van der Waals surface area contributed by atoms with Gasteiger partial charge in [-0.1, -0.05) is 27.2 Å². The molecule has 4 nitrogen and oxygen atoms in total. The molecule has 0 saturated heterocycles. The van der Waals surface area contributed by atoms with Crippen LogP contribution in [0.4, 0.5) is 0 Å². The molecular formula is C11H24N2O2. The lowest BCUT2D eigenvalue weighted by atomic mass is 10.0. The number of nitrogens with two attached hydrogens (primary N) is 1. The zero-order valence-corrected chi connectivity index (χ0v) is 9.99. The van der Waals surface area contributed by atoms with Crippen molar-refractivity contribution in [1.29, 1.82) is 0 Å². The van der Waals surface area contributed by atoms with E-state index in [1.807, 2.05) is 20.8 Å². The SMILES string of the molecule is CCCC(N)CC(=O)N[C@H](CO)C(C)C. The predicted octanol–water partition coefficient (Wildman–Crippen LogP) is 0.637. The Balaban J connectivity index is 3.90. The molecule has 0 aliphatic carbocycles. The molecule has 0 aliphatic rings. The van der Waals surface area contributed by atoms with Gasteiger partial charge in [-0.3, -0.25) is 4.79 Å². The Morgan fingerprint density at radius 3 is 2.47 bits per heavy atom. The molecule has 0 rings (SSSR count). The third-order valence-electron chi connectivity index (χ3n) is 2.45. The number of hydrogen-bond donors (Lipinski definition) is 3. The second kappa shape index (κ2) is 7.65. The van der Waals surface area contributed by atoms with Gasteiger partial charge in [0, 0.05) is 12.5 Å². The van der Waals surface area contributed by atoms with Crippen LogP contribution in [-0.4, -0.2) is 29.7 Å². The fourth-order valence-corrected chi connectivity index (χ4v) is 1.40. The molecule has 4 heteroatoms. The van der Waals surface area contributed by atoms with E-state index in [9.17, 15) is 4.79 Å². The van der Waals surface area contributed by atoms with E-state index < -0.39 is 0 Å². The number of hydrogen-bond acceptors (Lipinski definition) is 3. The number of carbonyl (C=O) groups excluding carboxylic acids is 1. The van der Waals surface area contributed by atoms with E-state index in [-0.39, 0.29) is 30.5 Å². The van der Waals surface area contributed by atoms with Crippen molar-refractivity contribution in [3.8, 4) is 0 Å². The average Bonchev–Trinajstić information content (AvgIpc) is 2.13. The van der Waals surface area contributed by atoms with Crippen molar-refractivity contribution in [2.24, 2.45) is 11.7 Å². The molecule has 0 aromatic rings. The standard InChI is InChI=1S/C11H24N2O2/c1-4-5-9(12)6-11(15)13-10(7-14)8(2)3/h8-10,14H,4-7,12H2,1-3H3,(H,13,15)/t9?,10-/m1/s1. The van der Waals surface area contributed by atoms with Crippen LogP contribution in [-0.2, 0) is 4.79 Å². The van der Waals surface area contributed by atoms with Gasteiger partial charge >= 0.3 is 0 Å². The minimum absolute atomic E-state index is 0.0214. The van der Waals surface area contributed by atoms with Crippen LogP contribution < -0.4 is 11.1 Å². The summed E-state index contributed by atoms with van der Waals surface area (Å²) in [5, 5.41) is 11.8. The van der Waals surface area contributed by atoms with Gasteiger partial charge in [-0.15, -0.1) is 0 Å². The summed E-state index contributed by atoms with van der Waals surface area (Å²) in [5.74, 6) is 0.171. The van der Waals surface area contributed by atoms with Gasteiger partial charge in [0.2, 0.25) is 5.91 Å². The fraction of sp³-hybridized carbons (Fsp3) is 0.909. The van der Waals surface area contributed by atoms with E-state index in [0.717, 1.165) is 12.8 Å². The number of carbonyl (C=O) groups is 1. The minimum Gasteiger partial charge on any atom is -0.394 e. The van der Waals surface area contributed by atoms with E-state index >= 15 is 0 Å². The first kappa shape index (κ1) is 14.4. The lowest BCUT2D eigenvalue weighted by Crippen LogP contribution is -2.43. The van der Waals surface area contributed by atoms with Crippen LogP contribution in [0.1, 0.15) is 40.0 Å². The quantitative estimate of drug-likeness (QED) is 0.584. The number of aliphatic hydroxyl groups excluding tert-OH is 1. The molecule has 0 aliphatic heterocycles. The molecule has 1 unspecified atom stereocenters. The normalized spacial score (nSPS) is 15.1. The Bertz CT molecular complexity index is 183. The molecule has 90 valence electrons. The lowest BCUT2D eigenvalue weighted by molar-refractivity contribution is -0.122. The summed E-state index contributed by atoms with van der Waals surface area (Å²) in [6.07, 6.45) is 2.19. The summed E-state index contributed by atoms with van der Waals surface area (Å²) < 4.78 is 0. The largest absolute Gasteiger partial charge is 0.394 e. The van der Waals surface area contributed by atoms with Gasteiger partial charge in [-0.2, -0.15) is 0 Å². The highest BCUT2D eigenvalue weighted by atomic mass is 16.3. The van der Waals surface area contributed by atoms with Crippen LogP contribution in [0.5, 0.6) is 0 Å². The number of rotatable bonds is 7. The first-order chi connectivity index (χ1) is 7.01. The van der Waals surface area contributed by atoms with Crippen LogP contribution in [0, 0.1) is 5.92 Å². The van der Waals surface area contributed by atoms with Crippen LogP contribution in [0.15, 0.2) is 0 Å². The smallest absolute Gasteiger partial charge is 0.221 e. The summed E-state index contributed by atoms with van der Waals surface area (Å²) in [7, 11) is 0. The van der Waals surface area contributed by atoms with Crippen molar-refractivity contribution in [3.63, 3.8) is 0 Å². The molecule has 0 aromatic carbocycles. The topological polar surface area (TPSA) is 75.4 Å². The van der Waals surface area contributed by atoms with Crippen LogP contribution in [0.3, 0.4) is 0 Å². The first-order valence-electron chi connectivity index (χ1n) is 5.67. The summed E-state index contributed by atoms with van der Waals surface area (Å²) in [6.45, 7) is 5.95. The Labute approximate surface area is 92.2 Å². The van der Waals surface area contributed by atoms with Crippen molar-refractivity contribution in [2.45, 2.75) is 52.1 Å². The Morgan fingerprint density at radius 1 is 1.47 bits per heavy atom. The fourth-order valence-electron chi connectivity index (χ4n) is 1.40. The highest BCUT2D eigenvalue weighted by molar-refractivity contribution is 5.76. The number of aliphatic hydroxyl groups is 1. The molecular weight excluding hydrogens is 192 g/mol. The highest BCUT2D eigenvalue weighted by Gasteiger charge is 2.16. The zero-order valence-electron chi connectivity index (χ0n) is 9.99. The van der Waals surface area contributed by atoms with Crippen molar-refractivity contribution >= 4 is 5.91 Å². The third-order valence-corrected chi connectivity index (χ3v) is 2.45. The monoisotopic (exact) mass is 216 g/mol. The molecule has 0 spiro atoms. The van der Waals surface area contributed by atoms with E-state index in [4.69, 9.17) is 10.8 Å². The van der Waals surface area contributed by atoms with Crippen LogP contribution in [0.2, 0.25) is 0 Å². The maximum Gasteiger partial charge on any atom is 0.221 e. The number of amides is 1. The minimum atomic E-state index is -0.161.